The lowest BCUT2D eigenvalue weighted by molar-refractivity contribution is 0.386. The average Bonchev–Trinajstić information content (AvgIpc) is 2.47. The van der Waals surface area contributed by atoms with Crippen molar-refractivity contribution in [1.29, 1.82) is 0 Å². The standard InChI is InChI=1S/C9H7BrFNO2/c1-4-12-8-6(14-4)3-5(10)9(13-2)7(8)11/h3H,1-2H3. The van der Waals surface area contributed by atoms with Crippen LogP contribution in [0.4, 0.5) is 4.39 Å². The van der Waals surface area contributed by atoms with Crippen LogP contribution >= 0.6 is 15.9 Å². The SMILES string of the molecule is COc1c(Br)cc2oc(C)nc2c1F. The molecule has 1 aromatic carbocycles. The molecule has 0 saturated carbocycles. The molecule has 2 rings (SSSR count). The molecule has 0 N–H and O–H groups in total. The highest BCUT2D eigenvalue weighted by Crippen LogP contribution is 2.34. The number of hydrogen-bond acceptors (Lipinski definition) is 3. The van der Waals surface area contributed by atoms with Gasteiger partial charge >= 0.3 is 0 Å². The van der Waals surface area contributed by atoms with Gasteiger partial charge in [-0.05, 0) is 15.9 Å². The molecule has 3 nitrogen and oxygen atoms in total. The van der Waals surface area contributed by atoms with Gasteiger partial charge in [-0.25, -0.2) is 9.37 Å². The normalized spacial score (nSPS) is 10.9. The van der Waals surface area contributed by atoms with Crippen LogP contribution < -0.4 is 4.74 Å². The van der Waals surface area contributed by atoms with Gasteiger partial charge in [-0.15, -0.1) is 0 Å². The summed E-state index contributed by atoms with van der Waals surface area (Å²) >= 11 is 3.18. The van der Waals surface area contributed by atoms with E-state index in [0.29, 0.717) is 15.9 Å². The summed E-state index contributed by atoms with van der Waals surface area (Å²) in [5.74, 6) is 0.0681. The van der Waals surface area contributed by atoms with Gasteiger partial charge in [-0.3, -0.25) is 0 Å². The maximum absolute atomic E-state index is 13.7. The minimum atomic E-state index is -0.506. The molecule has 0 spiro atoms. The van der Waals surface area contributed by atoms with Gasteiger partial charge in [0.2, 0.25) is 0 Å². The van der Waals surface area contributed by atoms with E-state index in [2.05, 4.69) is 20.9 Å². The molecule has 0 aliphatic heterocycles. The van der Waals surface area contributed by atoms with Crippen molar-refractivity contribution < 1.29 is 13.5 Å². The number of hydrogen-bond donors (Lipinski definition) is 0. The number of fused-ring (bicyclic) bond motifs is 1. The number of nitrogens with zero attached hydrogens (tertiary/aromatic N) is 1. The fourth-order valence-corrected chi connectivity index (χ4v) is 1.82. The lowest BCUT2D eigenvalue weighted by Crippen LogP contribution is -1.90. The third-order valence-electron chi connectivity index (χ3n) is 1.85. The summed E-state index contributed by atoms with van der Waals surface area (Å²) in [6.07, 6.45) is 0. The maximum atomic E-state index is 13.7. The quantitative estimate of drug-likeness (QED) is 0.790. The second-order valence-electron chi connectivity index (χ2n) is 2.79. The van der Waals surface area contributed by atoms with Gasteiger partial charge in [0.1, 0.15) is 5.52 Å². The van der Waals surface area contributed by atoms with E-state index in [0.717, 1.165) is 0 Å². The van der Waals surface area contributed by atoms with Crippen LogP contribution in [0.15, 0.2) is 15.0 Å². The molecule has 0 fully saturated rings. The van der Waals surface area contributed by atoms with Crippen LogP contribution in [0.5, 0.6) is 5.75 Å². The zero-order valence-corrected chi connectivity index (χ0v) is 9.18. The minimum absolute atomic E-state index is 0.144. The molecule has 5 heteroatoms. The van der Waals surface area contributed by atoms with Gasteiger partial charge in [0.15, 0.2) is 23.0 Å². The molecule has 0 bridgehead atoms. The Morgan fingerprint density at radius 2 is 2.29 bits per heavy atom. The van der Waals surface area contributed by atoms with Crippen LogP contribution in [0.2, 0.25) is 0 Å². The number of benzene rings is 1. The van der Waals surface area contributed by atoms with E-state index in [-0.39, 0.29) is 11.3 Å². The second-order valence-corrected chi connectivity index (χ2v) is 3.64. The van der Waals surface area contributed by atoms with Crippen molar-refractivity contribution in [1.82, 2.24) is 4.98 Å². The molecule has 0 aliphatic carbocycles. The maximum Gasteiger partial charge on any atom is 0.195 e. The van der Waals surface area contributed by atoms with E-state index in [9.17, 15) is 4.39 Å². The van der Waals surface area contributed by atoms with Crippen molar-refractivity contribution in [3.63, 3.8) is 0 Å². The molecule has 0 atom stereocenters. The van der Waals surface area contributed by atoms with Crippen molar-refractivity contribution in [2.45, 2.75) is 6.92 Å². The topological polar surface area (TPSA) is 35.3 Å². The van der Waals surface area contributed by atoms with E-state index in [4.69, 9.17) is 9.15 Å². The van der Waals surface area contributed by atoms with Crippen LogP contribution in [-0.4, -0.2) is 12.1 Å². The fraction of sp³-hybridized carbons (Fsp3) is 0.222. The fourth-order valence-electron chi connectivity index (χ4n) is 1.28. The predicted molar refractivity (Wildman–Crippen MR) is 53.0 cm³/mol. The van der Waals surface area contributed by atoms with Crippen LogP contribution in [0.1, 0.15) is 5.89 Å². The van der Waals surface area contributed by atoms with E-state index < -0.39 is 5.82 Å². The Hall–Kier alpha value is -1.10. The molecule has 2 aromatic rings. The lowest BCUT2D eigenvalue weighted by atomic mass is 10.3. The molecule has 14 heavy (non-hydrogen) atoms. The number of rotatable bonds is 1. The predicted octanol–water partition coefficient (Wildman–Crippen LogP) is 3.05. The van der Waals surface area contributed by atoms with Gasteiger partial charge < -0.3 is 9.15 Å². The summed E-state index contributed by atoms with van der Waals surface area (Å²) in [5, 5.41) is 0. The molecule has 1 aromatic heterocycles. The monoisotopic (exact) mass is 259 g/mol. The number of ether oxygens (including phenoxy) is 1. The Morgan fingerprint density at radius 1 is 1.57 bits per heavy atom. The molecule has 0 unspecified atom stereocenters. The van der Waals surface area contributed by atoms with Crippen molar-refractivity contribution in [3.8, 4) is 5.75 Å². The molecule has 0 radical (unpaired) electrons. The lowest BCUT2D eigenvalue weighted by Gasteiger charge is -2.03. The Kier molecular flexibility index (Phi) is 2.19. The third-order valence-corrected chi connectivity index (χ3v) is 2.44. The summed E-state index contributed by atoms with van der Waals surface area (Å²) in [5.41, 5.74) is 0.607. The summed E-state index contributed by atoms with van der Waals surface area (Å²) in [6, 6.07) is 1.64. The highest BCUT2D eigenvalue weighted by molar-refractivity contribution is 9.10. The van der Waals surface area contributed by atoms with Gasteiger partial charge in [-0.1, -0.05) is 0 Å². The molecule has 0 aliphatic rings. The highest BCUT2D eigenvalue weighted by atomic mass is 79.9. The number of aryl methyl sites for hydroxylation is 1. The second kappa shape index (κ2) is 3.24. The molecule has 74 valence electrons. The van der Waals surface area contributed by atoms with Crippen LogP contribution in [-0.2, 0) is 0 Å². The summed E-state index contributed by atoms with van der Waals surface area (Å²) < 4.78 is 24.3. The van der Waals surface area contributed by atoms with Crippen LogP contribution in [0.3, 0.4) is 0 Å². The van der Waals surface area contributed by atoms with Crippen molar-refractivity contribution in [2.24, 2.45) is 0 Å². The Labute approximate surface area is 88.0 Å². The first kappa shape index (κ1) is 9.45. The molecule has 0 saturated heterocycles. The van der Waals surface area contributed by atoms with Crippen LogP contribution in [0, 0.1) is 12.7 Å². The minimum Gasteiger partial charge on any atom is -0.492 e. The molecular weight excluding hydrogens is 253 g/mol. The summed E-state index contributed by atoms with van der Waals surface area (Å²) in [4.78, 5) is 3.92. The van der Waals surface area contributed by atoms with Crippen molar-refractivity contribution >= 4 is 27.0 Å². The third kappa shape index (κ3) is 1.28. The summed E-state index contributed by atoms with van der Waals surface area (Å²) in [7, 11) is 1.40. The van der Waals surface area contributed by atoms with Gasteiger partial charge in [0.25, 0.3) is 0 Å². The van der Waals surface area contributed by atoms with E-state index in [1.807, 2.05) is 0 Å². The Morgan fingerprint density at radius 3 is 2.93 bits per heavy atom. The summed E-state index contributed by atoms with van der Waals surface area (Å²) in [6.45, 7) is 1.67. The van der Waals surface area contributed by atoms with E-state index in [1.165, 1.54) is 7.11 Å². The van der Waals surface area contributed by atoms with E-state index >= 15 is 0 Å². The molecule has 0 amide bonds. The van der Waals surface area contributed by atoms with Crippen molar-refractivity contribution in [2.75, 3.05) is 7.11 Å². The Bertz CT molecular complexity index is 495. The average molecular weight is 260 g/mol. The number of oxazole rings is 1. The van der Waals surface area contributed by atoms with Crippen LogP contribution in [0.25, 0.3) is 11.1 Å². The first-order chi connectivity index (χ1) is 6.63. The zero-order valence-electron chi connectivity index (χ0n) is 7.60. The van der Waals surface area contributed by atoms with Gasteiger partial charge in [0, 0.05) is 13.0 Å². The first-order valence-corrected chi connectivity index (χ1v) is 4.72. The molecule has 1 heterocycles. The van der Waals surface area contributed by atoms with Gasteiger partial charge in [0.05, 0.1) is 11.6 Å². The largest absolute Gasteiger partial charge is 0.492 e. The molecular formula is C9H7BrFNO2. The number of methoxy groups -OCH3 is 1. The smallest absolute Gasteiger partial charge is 0.195 e. The first-order valence-electron chi connectivity index (χ1n) is 3.92. The van der Waals surface area contributed by atoms with Gasteiger partial charge in [-0.2, -0.15) is 0 Å². The number of aromatic nitrogens is 1. The zero-order chi connectivity index (χ0) is 10.3. The Balaban J connectivity index is 2.84. The van der Waals surface area contributed by atoms with Crippen molar-refractivity contribution in [3.05, 3.63) is 22.2 Å². The highest BCUT2D eigenvalue weighted by Gasteiger charge is 2.16. The van der Waals surface area contributed by atoms with E-state index in [1.54, 1.807) is 13.0 Å². The number of halogens is 2.